The zero-order valence-electron chi connectivity index (χ0n) is 18.8. The number of ether oxygens (including phenoxy) is 1. The molecular formula is C26H18N4O6. The second-order valence-electron chi connectivity index (χ2n) is 9.78. The van der Waals surface area contributed by atoms with Gasteiger partial charge in [0.05, 0.1) is 33.2 Å². The van der Waals surface area contributed by atoms with Crippen molar-refractivity contribution in [2.24, 2.45) is 0 Å². The van der Waals surface area contributed by atoms with Crippen LogP contribution in [0.25, 0.3) is 43.6 Å². The summed E-state index contributed by atoms with van der Waals surface area (Å²) in [5, 5.41) is 26.5. The lowest BCUT2D eigenvalue weighted by molar-refractivity contribution is -0.192. The summed E-state index contributed by atoms with van der Waals surface area (Å²) in [5.74, 6) is -1.96. The number of amides is 3. The Morgan fingerprint density at radius 2 is 1.58 bits per heavy atom. The highest BCUT2D eigenvalue weighted by Gasteiger charge is 2.65. The van der Waals surface area contributed by atoms with Crippen molar-refractivity contribution >= 4 is 61.3 Å². The van der Waals surface area contributed by atoms with Crippen LogP contribution in [0.5, 0.6) is 0 Å². The van der Waals surface area contributed by atoms with E-state index >= 15 is 0 Å². The van der Waals surface area contributed by atoms with Gasteiger partial charge in [-0.2, -0.15) is 0 Å². The van der Waals surface area contributed by atoms with Gasteiger partial charge in [-0.25, -0.2) is 5.48 Å². The van der Waals surface area contributed by atoms with E-state index in [-0.39, 0.29) is 12.0 Å². The first kappa shape index (κ1) is 20.0. The average molecular weight is 482 g/mol. The Kier molecular flexibility index (Phi) is 3.29. The third-order valence-corrected chi connectivity index (χ3v) is 8.24. The smallest absolute Gasteiger partial charge is 0.280 e. The zero-order chi connectivity index (χ0) is 24.7. The summed E-state index contributed by atoms with van der Waals surface area (Å²) in [5.41, 5.74) is 0.963. The number of aromatic nitrogens is 2. The van der Waals surface area contributed by atoms with Crippen molar-refractivity contribution < 1.29 is 29.4 Å². The molecule has 0 spiro atoms. The van der Waals surface area contributed by atoms with Gasteiger partial charge in [0, 0.05) is 28.0 Å². The number of hydrogen-bond donors (Lipinski definition) is 4. The van der Waals surface area contributed by atoms with Gasteiger partial charge in [0.15, 0.2) is 11.3 Å². The second-order valence-corrected chi connectivity index (χ2v) is 9.78. The molecule has 3 amide bonds. The molecule has 3 atom stereocenters. The maximum absolute atomic E-state index is 13.2. The van der Waals surface area contributed by atoms with Crippen LogP contribution in [0.1, 0.15) is 40.3 Å². The van der Waals surface area contributed by atoms with E-state index in [1.54, 1.807) is 17.0 Å². The number of aliphatic hydroxyl groups is 1. The van der Waals surface area contributed by atoms with E-state index in [2.05, 4.69) is 5.32 Å². The highest BCUT2D eigenvalue weighted by atomic mass is 16.6. The van der Waals surface area contributed by atoms with Crippen molar-refractivity contribution in [1.29, 1.82) is 0 Å². The SMILES string of the molecule is C[C@]12O[C@H](C[C@@]1(O)C(=O)NO)n1c3ccccc3c3c4c(c5c6ccccc6n2c5c31)C(=O)NC4=O. The summed E-state index contributed by atoms with van der Waals surface area (Å²) in [6, 6.07) is 14.8. The molecule has 10 nitrogen and oxygen atoms in total. The maximum Gasteiger partial charge on any atom is 0.280 e. The summed E-state index contributed by atoms with van der Waals surface area (Å²) < 4.78 is 10.2. The molecule has 178 valence electrons. The van der Waals surface area contributed by atoms with Crippen molar-refractivity contribution in [1.82, 2.24) is 19.9 Å². The Labute approximate surface area is 201 Å². The predicted molar refractivity (Wildman–Crippen MR) is 128 cm³/mol. The maximum atomic E-state index is 13.2. The number of hydroxylamine groups is 1. The second kappa shape index (κ2) is 5.93. The molecule has 0 unspecified atom stereocenters. The number of nitrogens with one attached hydrogen (secondary N) is 2. The Morgan fingerprint density at radius 1 is 1.00 bits per heavy atom. The largest absolute Gasteiger partial charge is 0.376 e. The number of benzene rings is 3. The minimum Gasteiger partial charge on any atom is -0.376 e. The van der Waals surface area contributed by atoms with Gasteiger partial charge in [-0.15, -0.1) is 0 Å². The number of imide groups is 1. The van der Waals surface area contributed by atoms with Crippen LogP contribution in [-0.2, 0) is 15.3 Å². The Morgan fingerprint density at radius 3 is 2.25 bits per heavy atom. The minimum absolute atomic E-state index is 0.153. The quantitative estimate of drug-likeness (QED) is 0.165. The van der Waals surface area contributed by atoms with Crippen molar-refractivity contribution in [3.8, 4) is 0 Å². The third-order valence-electron chi connectivity index (χ3n) is 8.24. The molecule has 36 heavy (non-hydrogen) atoms. The van der Waals surface area contributed by atoms with Gasteiger partial charge >= 0.3 is 0 Å². The Hall–Kier alpha value is -4.25. The Balaban J connectivity index is 1.75. The molecule has 0 saturated carbocycles. The number of para-hydroxylation sites is 2. The number of carbonyl (C=O) groups excluding carboxylic acids is 3. The topological polar surface area (TPSA) is 135 Å². The number of rotatable bonds is 1. The monoisotopic (exact) mass is 482 g/mol. The van der Waals surface area contributed by atoms with Crippen LogP contribution < -0.4 is 10.8 Å². The molecule has 3 aliphatic rings. The summed E-state index contributed by atoms with van der Waals surface area (Å²) in [6.07, 6.45) is -0.959. The van der Waals surface area contributed by atoms with Gasteiger partial charge in [-0.3, -0.25) is 24.9 Å². The van der Waals surface area contributed by atoms with Crippen molar-refractivity contribution in [3.63, 3.8) is 0 Å². The van der Waals surface area contributed by atoms with Gasteiger partial charge in [0.2, 0.25) is 0 Å². The fraction of sp³-hybridized carbons (Fsp3) is 0.192. The molecule has 3 aromatic carbocycles. The van der Waals surface area contributed by atoms with Gasteiger partial charge in [0.1, 0.15) is 6.23 Å². The number of hydrogen-bond acceptors (Lipinski definition) is 6. The van der Waals surface area contributed by atoms with Crippen LogP contribution >= 0.6 is 0 Å². The first-order valence-electron chi connectivity index (χ1n) is 11.5. The van der Waals surface area contributed by atoms with E-state index < -0.39 is 35.3 Å². The molecule has 0 radical (unpaired) electrons. The Bertz CT molecular complexity index is 1920. The molecule has 3 aliphatic heterocycles. The molecule has 10 heteroatoms. The van der Waals surface area contributed by atoms with Crippen LogP contribution in [0, 0.1) is 0 Å². The van der Waals surface area contributed by atoms with Crippen LogP contribution in [0.4, 0.5) is 0 Å². The van der Waals surface area contributed by atoms with E-state index in [1.165, 1.54) is 0 Å². The lowest BCUT2D eigenvalue weighted by Crippen LogP contribution is -2.59. The predicted octanol–water partition coefficient (Wildman–Crippen LogP) is 2.63. The lowest BCUT2D eigenvalue weighted by Gasteiger charge is -2.38. The molecular weight excluding hydrogens is 464 g/mol. The minimum atomic E-state index is -2.16. The van der Waals surface area contributed by atoms with Gasteiger partial charge in [-0.05, 0) is 19.1 Å². The summed E-state index contributed by atoms with van der Waals surface area (Å²) >= 11 is 0. The number of fused-ring (bicyclic) bond motifs is 13. The van der Waals surface area contributed by atoms with Crippen LogP contribution in [0.2, 0.25) is 0 Å². The summed E-state index contributed by atoms with van der Waals surface area (Å²) in [4.78, 5) is 39.4. The van der Waals surface area contributed by atoms with E-state index in [0.29, 0.717) is 38.3 Å². The van der Waals surface area contributed by atoms with Crippen LogP contribution in [0.15, 0.2) is 48.5 Å². The highest BCUT2D eigenvalue weighted by molar-refractivity contribution is 6.39. The van der Waals surface area contributed by atoms with Gasteiger partial charge in [-0.1, -0.05) is 36.4 Å². The van der Waals surface area contributed by atoms with Crippen molar-refractivity contribution in [2.75, 3.05) is 0 Å². The fourth-order valence-electron chi connectivity index (χ4n) is 6.76. The molecule has 8 rings (SSSR count). The van der Waals surface area contributed by atoms with E-state index in [4.69, 9.17) is 4.74 Å². The molecule has 2 bridgehead atoms. The molecule has 2 aromatic heterocycles. The van der Waals surface area contributed by atoms with E-state index in [1.807, 2.05) is 53.1 Å². The first-order chi connectivity index (χ1) is 17.3. The standard InChI is InChI=1S/C26H18N4O6/c1-25-26(34,24(33)28-35)10-15(36-25)29-13-8-4-2-6-11(13)16-18-19(23(32)27-22(18)31)17-12-7-3-5-9-14(12)30(25)21(17)20(16)29/h2-9,15,34-35H,10H2,1H3,(H,28,33)(H,27,31,32)/t15-,25+,26-/m1/s1. The molecule has 1 saturated heterocycles. The molecule has 4 N–H and O–H groups in total. The van der Waals surface area contributed by atoms with Crippen molar-refractivity contribution in [3.05, 3.63) is 59.7 Å². The van der Waals surface area contributed by atoms with Gasteiger partial charge in [0.25, 0.3) is 17.7 Å². The van der Waals surface area contributed by atoms with Crippen LogP contribution in [-0.4, -0.2) is 42.8 Å². The summed E-state index contributed by atoms with van der Waals surface area (Å²) in [6.45, 7) is 1.60. The normalized spacial score (nSPS) is 26.4. The average Bonchev–Trinajstić information content (AvgIpc) is 3.54. The fourth-order valence-corrected chi connectivity index (χ4v) is 6.76. The molecule has 1 fully saturated rings. The van der Waals surface area contributed by atoms with E-state index in [9.17, 15) is 24.7 Å². The lowest BCUT2D eigenvalue weighted by atomic mass is 9.88. The third kappa shape index (κ3) is 1.87. The molecule has 0 aliphatic carbocycles. The van der Waals surface area contributed by atoms with Crippen molar-refractivity contribution in [2.45, 2.75) is 30.9 Å². The highest BCUT2D eigenvalue weighted by Crippen LogP contribution is 2.57. The molecule has 5 heterocycles. The zero-order valence-corrected chi connectivity index (χ0v) is 18.8. The van der Waals surface area contributed by atoms with E-state index in [0.717, 1.165) is 10.9 Å². The molecule has 5 aromatic rings. The first-order valence-corrected chi connectivity index (χ1v) is 11.5. The van der Waals surface area contributed by atoms with Crippen LogP contribution in [0.3, 0.4) is 0 Å². The number of carbonyl (C=O) groups is 3. The van der Waals surface area contributed by atoms with Gasteiger partial charge < -0.3 is 19.0 Å². The number of nitrogens with zero attached hydrogens (tertiary/aromatic N) is 2. The summed E-state index contributed by atoms with van der Waals surface area (Å²) in [7, 11) is 0.